The van der Waals surface area contributed by atoms with Crippen molar-refractivity contribution in [2.24, 2.45) is 4.99 Å². The van der Waals surface area contributed by atoms with Crippen LogP contribution >= 0.6 is 24.0 Å². The summed E-state index contributed by atoms with van der Waals surface area (Å²) in [4.78, 5) is 4.54. The first-order chi connectivity index (χ1) is 11.2. The molecule has 0 aliphatic carbocycles. The molecule has 24 heavy (non-hydrogen) atoms. The minimum Gasteiger partial charge on any atom is -0.502 e. The molecule has 0 saturated heterocycles. The van der Waals surface area contributed by atoms with Crippen molar-refractivity contribution in [2.45, 2.75) is 26.3 Å². The van der Waals surface area contributed by atoms with E-state index in [1.54, 1.807) is 18.2 Å². The normalized spacial score (nSPS) is 10.5. The molecule has 0 heterocycles. The number of guanidine groups is 1. The third kappa shape index (κ3) is 7.29. The summed E-state index contributed by atoms with van der Waals surface area (Å²) >= 11 is 0. The second-order valence-electron chi connectivity index (χ2n) is 4.96. The molecule has 7 heteroatoms. The number of aromatic hydroxyl groups is 1. The number of nitrogens with zero attached hydrogens (tertiary/aromatic N) is 1. The largest absolute Gasteiger partial charge is 0.502 e. The molecule has 0 unspecified atom stereocenters. The van der Waals surface area contributed by atoms with Gasteiger partial charge in [0.05, 0.1) is 20.8 Å². The first-order valence-electron chi connectivity index (χ1n) is 7.73. The van der Waals surface area contributed by atoms with Crippen molar-refractivity contribution < 1.29 is 14.6 Å². The van der Waals surface area contributed by atoms with Gasteiger partial charge in [0.15, 0.2) is 17.5 Å². The lowest BCUT2D eigenvalue weighted by Crippen LogP contribution is -2.37. The van der Waals surface area contributed by atoms with Crippen LogP contribution in [0.1, 0.15) is 25.3 Å². The third-order valence-corrected chi connectivity index (χ3v) is 3.20. The van der Waals surface area contributed by atoms with Gasteiger partial charge >= 0.3 is 0 Å². The zero-order chi connectivity index (χ0) is 17.1. The second-order valence-corrected chi connectivity index (χ2v) is 4.96. The Kier molecular flexibility index (Phi) is 11.9. The van der Waals surface area contributed by atoms with E-state index in [1.807, 2.05) is 0 Å². The van der Waals surface area contributed by atoms with Crippen LogP contribution < -0.4 is 20.1 Å². The summed E-state index contributed by atoms with van der Waals surface area (Å²) in [5.74, 6) is 1.46. The van der Waals surface area contributed by atoms with E-state index in [2.05, 4.69) is 29.1 Å². The van der Waals surface area contributed by atoms with E-state index in [9.17, 15) is 5.11 Å². The minimum absolute atomic E-state index is 0. The van der Waals surface area contributed by atoms with E-state index < -0.39 is 0 Å². The molecular formula is C17H28IN3O3. The molecule has 0 radical (unpaired) electrons. The molecule has 0 aliphatic heterocycles. The van der Waals surface area contributed by atoms with E-state index in [4.69, 9.17) is 9.47 Å². The number of hydrogen-bond acceptors (Lipinski definition) is 4. The molecule has 136 valence electrons. The number of phenolic OH excluding ortho intramolecular Hbond substituents is 1. The van der Waals surface area contributed by atoms with Gasteiger partial charge in [0.1, 0.15) is 0 Å². The molecule has 0 fully saturated rings. The van der Waals surface area contributed by atoms with E-state index in [0.717, 1.165) is 30.9 Å². The van der Waals surface area contributed by atoms with Crippen molar-refractivity contribution in [3.05, 3.63) is 30.4 Å². The molecule has 1 aromatic rings. The van der Waals surface area contributed by atoms with Crippen molar-refractivity contribution in [3.8, 4) is 17.2 Å². The first-order valence-corrected chi connectivity index (χ1v) is 7.73. The fourth-order valence-corrected chi connectivity index (χ4v) is 1.94. The minimum atomic E-state index is -0.00573. The molecule has 1 rings (SSSR count). The van der Waals surface area contributed by atoms with Crippen LogP contribution in [0.5, 0.6) is 17.2 Å². The molecule has 0 atom stereocenters. The van der Waals surface area contributed by atoms with E-state index >= 15 is 0 Å². The highest BCUT2D eigenvalue weighted by atomic mass is 127. The maximum Gasteiger partial charge on any atom is 0.200 e. The van der Waals surface area contributed by atoms with E-state index in [1.165, 1.54) is 14.2 Å². The zero-order valence-corrected chi connectivity index (χ0v) is 16.9. The molecular weight excluding hydrogens is 421 g/mol. The summed E-state index contributed by atoms with van der Waals surface area (Å²) in [6.07, 6.45) is 3.98. The predicted molar refractivity (Wildman–Crippen MR) is 109 cm³/mol. The number of rotatable bonds is 9. The highest BCUT2D eigenvalue weighted by molar-refractivity contribution is 14.0. The Morgan fingerprint density at radius 1 is 1.25 bits per heavy atom. The highest BCUT2D eigenvalue weighted by Gasteiger charge is 2.11. The SMILES string of the molecule is C=CCNC(=NCc1cc(OC)c(O)c(OC)c1)NCCCC.I. The molecule has 6 nitrogen and oxygen atoms in total. The number of ether oxygens (including phenoxy) is 2. The van der Waals surface area contributed by atoms with Crippen molar-refractivity contribution >= 4 is 29.9 Å². The quantitative estimate of drug-likeness (QED) is 0.178. The highest BCUT2D eigenvalue weighted by Crippen LogP contribution is 2.37. The number of unbranched alkanes of at least 4 members (excludes halogenated alkanes) is 1. The topological polar surface area (TPSA) is 75.1 Å². The lowest BCUT2D eigenvalue weighted by atomic mass is 10.2. The Morgan fingerprint density at radius 3 is 2.38 bits per heavy atom. The van der Waals surface area contributed by atoms with Gasteiger partial charge in [0.25, 0.3) is 0 Å². The standard InChI is InChI=1S/C17H27N3O3.HI/c1-5-7-9-19-17(18-8-6-2)20-12-13-10-14(22-3)16(21)15(11-13)23-4;/h6,10-11,21H,2,5,7-9,12H2,1,3-4H3,(H2,18,19,20);1H. The van der Waals surface area contributed by atoms with Gasteiger partial charge in [0.2, 0.25) is 5.75 Å². The Bertz CT molecular complexity index is 511. The Hall–Kier alpha value is -1.64. The Labute approximate surface area is 161 Å². The van der Waals surface area contributed by atoms with Gasteiger partial charge < -0.3 is 25.2 Å². The maximum atomic E-state index is 9.93. The second kappa shape index (κ2) is 12.7. The van der Waals surface area contributed by atoms with Crippen molar-refractivity contribution in [1.29, 1.82) is 0 Å². The predicted octanol–water partition coefficient (Wildman–Crippen LogP) is 3.05. The van der Waals surface area contributed by atoms with Crippen LogP contribution in [0.2, 0.25) is 0 Å². The molecule has 0 spiro atoms. The van der Waals surface area contributed by atoms with E-state index in [0.29, 0.717) is 24.6 Å². The average Bonchev–Trinajstić information content (AvgIpc) is 2.57. The lowest BCUT2D eigenvalue weighted by Gasteiger charge is -2.12. The van der Waals surface area contributed by atoms with Crippen LogP contribution in [-0.2, 0) is 6.54 Å². The number of aliphatic imine (C=N–C) groups is 1. The monoisotopic (exact) mass is 449 g/mol. The van der Waals surface area contributed by atoms with Gasteiger partial charge in [-0.1, -0.05) is 19.4 Å². The number of benzene rings is 1. The molecule has 0 amide bonds. The fraction of sp³-hybridized carbons (Fsp3) is 0.471. The summed E-state index contributed by atoms with van der Waals surface area (Å²) in [6.45, 7) is 7.78. The third-order valence-electron chi connectivity index (χ3n) is 3.20. The summed E-state index contributed by atoms with van der Waals surface area (Å²) in [7, 11) is 3.01. The summed E-state index contributed by atoms with van der Waals surface area (Å²) in [5.41, 5.74) is 0.881. The van der Waals surface area contributed by atoms with Gasteiger partial charge in [-0.2, -0.15) is 0 Å². The zero-order valence-electron chi connectivity index (χ0n) is 14.6. The van der Waals surface area contributed by atoms with Crippen molar-refractivity contribution in [3.63, 3.8) is 0 Å². The number of nitrogens with one attached hydrogen (secondary N) is 2. The summed E-state index contributed by atoms with van der Waals surface area (Å²) in [6, 6.07) is 3.50. The number of hydrogen-bond donors (Lipinski definition) is 3. The molecule has 3 N–H and O–H groups in total. The average molecular weight is 449 g/mol. The number of halogens is 1. The van der Waals surface area contributed by atoms with Crippen molar-refractivity contribution in [2.75, 3.05) is 27.3 Å². The van der Waals surface area contributed by atoms with Gasteiger partial charge in [0, 0.05) is 13.1 Å². The van der Waals surface area contributed by atoms with Crippen LogP contribution in [0, 0.1) is 0 Å². The molecule has 1 aromatic carbocycles. The molecule has 0 aliphatic rings. The number of methoxy groups -OCH3 is 2. The fourth-order valence-electron chi connectivity index (χ4n) is 1.94. The van der Waals surface area contributed by atoms with Crippen LogP contribution in [0.25, 0.3) is 0 Å². The Morgan fingerprint density at radius 2 is 1.88 bits per heavy atom. The van der Waals surface area contributed by atoms with Gasteiger partial charge in [-0.05, 0) is 24.1 Å². The van der Waals surface area contributed by atoms with Crippen LogP contribution in [0.4, 0.5) is 0 Å². The maximum absolute atomic E-state index is 9.93. The first kappa shape index (κ1) is 22.4. The summed E-state index contributed by atoms with van der Waals surface area (Å²) in [5, 5.41) is 16.4. The molecule has 0 saturated carbocycles. The van der Waals surface area contributed by atoms with Crippen LogP contribution in [0.15, 0.2) is 29.8 Å². The smallest absolute Gasteiger partial charge is 0.200 e. The Balaban J connectivity index is 0.00000529. The summed E-state index contributed by atoms with van der Waals surface area (Å²) < 4.78 is 10.3. The number of phenols is 1. The van der Waals surface area contributed by atoms with E-state index in [-0.39, 0.29) is 29.7 Å². The van der Waals surface area contributed by atoms with Gasteiger partial charge in [-0.25, -0.2) is 4.99 Å². The molecule has 0 bridgehead atoms. The van der Waals surface area contributed by atoms with Crippen LogP contribution in [0.3, 0.4) is 0 Å². The van der Waals surface area contributed by atoms with Crippen LogP contribution in [-0.4, -0.2) is 38.4 Å². The van der Waals surface area contributed by atoms with Gasteiger partial charge in [-0.3, -0.25) is 0 Å². The lowest BCUT2D eigenvalue weighted by molar-refractivity contribution is 0.339. The van der Waals surface area contributed by atoms with Gasteiger partial charge in [-0.15, -0.1) is 30.6 Å². The van der Waals surface area contributed by atoms with Crippen molar-refractivity contribution in [1.82, 2.24) is 10.6 Å². The molecule has 0 aromatic heterocycles.